The zero-order valence-corrected chi connectivity index (χ0v) is 15.8. The van der Waals surface area contributed by atoms with Crippen LogP contribution < -0.4 is 16.2 Å². The first kappa shape index (κ1) is 18.7. The van der Waals surface area contributed by atoms with E-state index in [2.05, 4.69) is 33.7 Å². The minimum absolute atomic E-state index is 0.189. The molecule has 0 aliphatic carbocycles. The number of nitrogens with two attached hydrogens (primary N) is 1. The third kappa shape index (κ3) is 4.00. The van der Waals surface area contributed by atoms with E-state index in [-0.39, 0.29) is 17.5 Å². The first-order valence-electron chi connectivity index (χ1n) is 9.76. The summed E-state index contributed by atoms with van der Waals surface area (Å²) in [5.41, 5.74) is 6.84. The van der Waals surface area contributed by atoms with Gasteiger partial charge < -0.3 is 20.4 Å². The molecule has 2 aromatic rings. The lowest BCUT2D eigenvalue weighted by Gasteiger charge is -2.34. The van der Waals surface area contributed by atoms with E-state index in [4.69, 9.17) is 10.5 Å². The van der Waals surface area contributed by atoms with Gasteiger partial charge in [-0.3, -0.25) is 4.57 Å². The Kier molecular flexibility index (Phi) is 6.13. The smallest absolute Gasteiger partial charge is 0.327 e. The number of ether oxygens (including phenoxy) is 1. The Hall–Kier alpha value is -2.09. The highest BCUT2D eigenvalue weighted by atomic mass is 16.5. The Bertz CT molecular complexity index is 784. The number of rotatable bonds is 8. The molecular weight excluding hydrogens is 332 g/mol. The number of aromatic nitrogens is 4. The lowest BCUT2D eigenvalue weighted by Crippen LogP contribution is -2.40. The molecule has 1 saturated heterocycles. The number of imidazole rings is 1. The predicted molar refractivity (Wildman–Crippen MR) is 102 cm³/mol. The molecule has 0 radical (unpaired) electrons. The number of nitrogen functional groups attached to an aromatic ring is 1. The summed E-state index contributed by atoms with van der Waals surface area (Å²) in [5.74, 6) is 0.255. The van der Waals surface area contributed by atoms with Gasteiger partial charge in [0.1, 0.15) is 5.52 Å². The van der Waals surface area contributed by atoms with Crippen LogP contribution in [0.2, 0.25) is 0 Å². The molecule has 1 unspecified atom stereocenters. The summed E-state index contributed by atoms with van der Waals surface area (Å²) in [4.78, 5) is 26.3. The fourth-order valence-corrected chi connectivity index (χ4v) is 3.69. The summed E-state index contributed by atoms with van der Waals surface area (Å²) >= 11 is 0. The van der Waals surface area contributed by atoms with Gasteiger partial charge in [0.15, 0.2) is 11.5 Å². The van der Waals surface area contributed by atoms with Crippen molar-refractivity contribution in [1.29, 1.82) is 0 Å². The minimum Gasteiger partial charge on any atom is -0.463 e. The van der Waals surface area contributed by atoms with E-state index in [9.17, 15) is 4.79 Å². The number of aryl methyl sites for hydroxylation is 1. The summed E-state index contributed by atoms with van der Waals surface area (Å²) in [5, 5.41) is 0. The van der Waals surface area contributed by atoms with Gasteiger partial charge in [0.2, 0.25) is 0 Å². The average Bonchev–Trinajstić information content (AvgIpc) is 2.96. The molecule has 0 saturated carbocycles. The molecule has 0 bridgehead atoms. The summed E-state index contributed by atoms with van der Waals surface area (Å²) in [6, 6.07) is 0.758. The monoisotopic (exact) mass is 362 g/mol. The Morgan fingerprint density at radius 3 is 2.92 bits per heavy atom. The maximum absolute atomic E-state index is 12.4. The number of H-pyrrole nitrogens is 1. The van der Waals surface area contributed by atoms with Gasteiger partial charge >= 0.3 is 11.7 Å². The third-order valence-corrected chi connectivity index (χ3v) is 5.20. The van der Waals surface area contributed by atoms with Gasteiger partial charge in [-0.1, -0.05) is 26.7 Å². The molecule has 26 heavy (non-hydrogen) atoms. The molecule has 1 aliphatic heterocycles. The molecule has 1 aliphatic rings. The molecule has 3 heterocycles. The normalized spacial score (nSPS) is 18.5. The lowest BCUT2D eigenvalue weighted by atomic mass is 9.99. The van der Waals surface area contributed by atoms with Gasteiger partial charge in [0.25, 0.3) is 0 Å². The second kappa shape index (κ2) is 8.53. The van der Waals surface area contributed by atoms with Gasteiger partial charge in [-0.15, -0.1) is 0 Å². The van der Waals surface area contributed by atoms with Gasteiger partial charge in [-0.25, -0.2) is 4.79 Å². The highest BCUT2D eigenvalue weighted by Crippen LogP contribution is 2.22. The number of nitrogens with zero attached hydrogens (tertiary/aromatic N) is 4. The SMILES string of the molecule is CCCCOc1nc(N)c2[nH]c(=O)n(CCC3CCCCN3CC)c2n1. The van der Waals surface area contributed by atoms with Gasteiger partial charge in [-0.2, -0.15) is 9.97 Å². The largest absolute Gasteiger partial charge is 0.463 e. The van der Waals surface area contributed by atoms with Crippen LogP contribution in [-0.4, -0.2) is 50.2 Å². The van der Waals surface area contributed by atoms with Crippen molar-refractivity contribution < 1.29 is 4.74 Å². The first-order chi connectivity index (χ1) is 12.6. The van der Waals surface area contributed by atoms with E-state index in [0.29, 0.717) is 30.4 Å². The number of hydrogen-bond acceptors (Lipinski definition) is 6. The van der Waals surface area contributed by atoms with Crippen molar-refractivity contribution in [2.75, 3.05) is 25.4 Å². The standard InChI is InChI=1S/C18H30N6O2/c1-3-5-12-26-17-21-15(19)14-16(22-17)24(18(25)20-14)11-9-13-8-6-7-10-23(13)4-2/h13H,3-12H2,1-2H3,(H,20,25)(H2,19,21,22). The second-order valence-corrected chi connectivity index (χ2v) is 6.94. The van der Waals surface area contributed by atoms with Crippen LogP contribution in [0.4, 0.5) is 5.82 Å². The van der Waals surface area contributed by atoms with Crippen LogP contribution in [0.15, 0.2) is 4.79 Å². The van der Waals surface area contributed by atoms with E-state index >= 15 is 0 Å². The summed E-state index contributed by atoms with van der Waals surface area (Å²) < 4.78 is 7.26. The first-order valence-corrected chi connectivity index (χ1v) is 9.76. The van der Waals surface area contributed by atoms with Crippen molar-refractivity contribution in [3.63, 3.8) is 0 Å². The fourth-order valence-electron chi connectivity index (χ4n) is 3.69. The van der Waals surface area contributed by atoms with Crippen molar-refractivity contribution >= 4 is 17.0 Å². The zero-order chi connectivity index (χ0) is 18.5. The molecule has 0 spiro atoms. The molecule has 0 amide bonds. The maximum Gasteiger partial charge on any atom is 0.327 e. The number of fused-ring (bicyclic) bond motifs is 1. The van der Waals surface area contributed by atoms with Crippen LogP contribution in [0, 0.1) is 0 Å². The number of likely N-dealkylation sites (tertiary alicyclic amines) is 1. The molecule has 1 fully saturated rings. The highest BCUT2D eigenvalue weighted by molar-refractivity contribution is 5.81. The lowest BCUT2D eigenvalue weighted by molar-refractivity contribution is 0.143. The average molecular weight is 362 g/mol. The molecule has 3 N–H and O–H groups in total. The van der Waals surface area contributed by atoms with Gasteiger partial charge in [0.05, 0.1) is 6.61 Å². The van der Waals surface area contributed by atoms with Crippen LogP contribution in [-0.2, 0) is 6.54 Å². The predicted octanol–water partition coefficient (Wildman–Crippen LogP) is 2.15. The van der Waals surface area contributed by atoms with Crippen molar-refractivity contribution in [3.05, 3.63) is 10.5 Å². The fraction of sp³-hybridized carbons (Fsp3) is 0.722. The number of nitrogens with one attached hydrogen (secondary N) is 1. The number of aromatic amines is 1. The summed E-state index contributed by atoms with van der Waals surface area (Å²) in [6.45, 7) is 7.65. The van der Waals surface area contributed by atoms with E-state index in [1.54, 1.807) is 4.57 Å². The summed E-state index contributed by atoms with van der Waals surface area (Å²) in [6.07, 6.45) is 6.59. The Morgan fingerprint density at radius 1 is 1.31 bits per heavy atom. The van der Waals surface area contributed by atoms with Crippen molar-refractivity contribution in [1.82, 2.24) is 24.4 Å². The number of anilines is 1. The topological polar surface area (TPSA) is 102 Å². The third-order valence-electron chi connectivity index (χ3n) is 5.20. The Labute approximate surface area is 153 Å². The van der Waals surface area contributed by atoms with E-state index < -0.39 is 0 Å². The van der Waals surface area contributed by atoms with E-state index in [1.807, 2.05) is 0 Å². The maximum atomic E-state index is 12.4. The minimum atomic E-state index is -0.189. The van der Waals surface area contributed by atoms with Gasteiger partial charge in [0, 0.05) is 12.6 Å². The van der Waals surface area contributed by atoms with Crippen LogP contribution in [0.25, 0.3) is 11.2 Å². The molecule has 0 aromatic carbocycles. The van der Waals surface area contributed by atoms with Crippen LogP contribution >= 0.6 is 0 Å². The van der Waals surface area contributed by atoms with Crippen molar-refractivity contribution in [2.24, 2.45) is 0 Å². The van der Waals surface area contributed by atoms with Crippen molar-refractivity contribution in [2.45, 2.75) is 65.0 Å². The van der Waals surface area contributed by atoms with E-state index in [0.717, 1.165) is 32.4 Å². The molecule has 2 aromatic heterocycles. The quantitative estimate of drug-likeness (QED) is 0.698. The Balaban J connectivity index is 1.80. The number of unbranched alkanes of at least 4 members (excludes halogenated alkanes) is 1. The summed E-state index contributed by atoms with van der Waals surface area (Å²) in [7, 11) is 0. The van der Waals surface area contributed by atoms with Gasteiger partial charge in [-0.05, 0) is 38.8 Å². The number of hydrogen-bond donors (Lipinski definition) is 2. The van der Waals surface area contributed by atoms with Crippen LogP contribution in [0.3, 0.4) is 0 Å². The number of piperidine rings is 1. The highest BCUT2D eigenvalue weighted by Gasteiger charge is 2.22. The van der Waals surface area contributed by atoms with E-state index in [1.165, 1.54) is 19.3 Å². The van der Waals surface area contributed by atoms with Crippen LogP contribution in [0.5, 0.6) is 6.01 Å². The zero-order valence-electron chi connectivity index (χ0n) is 15.8. The molecule has 8 nitrogen and oxygen atoms in total. The molecule has 3 rings (SSSR count). The second-order valence-electron chi connectivity index (χ2n) is 6.94. The molecule has 8 heteroatoms. The van der Waals surface area contributed by atoms with Crippen LogP contribution in [0.1, 0.15) is 52.4 Å². The van der Waals surface area contributed by atoms with Crippen molar-refractivity contribution in [3.8, 4) is 6.01 Å². The molecule has 1 atom stereocenters. The molecular formula is C18H30N6O2. The Morgan fingerprint density at radius 2 is 2.15 bits per heavy atom. The molecule has 144 valence electrons.